The maximum atomic E-state index is 12.1. The number of nitro benzene ring substituents is 1. The summed E-state index contributed by atoms with van der Waals surface area (Å²) in [5.41, 5.74) is 5.52. The summed E-state index contributed by atoms with van der Waals surface area (Å²) in [4.78, 5) is 22.6. The summed E-state index contributed by atoms with van der Waals surface area (Å²) in [6.45, 7) is 4.54. The fourth-order valence-electron chi connectivity index (χ4n) is 2.39. The molecule has 142 valence electrons. The first-order chi connectivity index (χ1) is 12.4. The van der Waals surface area contributed by atoms with Crippen LogP contribution in [0, 0.1) is 17.0 Å². The average Bonchev–Trinajstić information content (AvgIpc) is 3.12. The van der Waals surface area contributed by atoms with Crippen molar-refractivity contribution >= 4 is 28.9 Å². The Morgan fingerprint density at radius 3 is 2.92 bits per heavy atom. The molecule has 2 rings (SSSR count). The summed E-state index contributed by atoms with van der Waals surface area (Å²) >= 11 is 5.07. The monoisotopic (exact) mass is 382 g/mol. The Morgan fingerprint density at radius 1 is 1.50 bits per heavy atom. The number of nitro groups is 1. The quantitative estimate of drug-likeness (QED) is 0.384. The predicted molar refractivity (Wildman–Crippen MR) is 98.8 cm³/mol. The molecule has 1 saturated heterocycles. The molecule has 0 aliphatic carbocycles. The fourth-order valence-corrected chi connectivity index (χ4v) is 2.52. The fraction of sp³-hybridized carbons (Fsp3) is 0.500. The number of carbonyl (C=O) groups excluding carboxylic acids is 1. The van der Waals surface area contributed by atoms with Crippen molar-refractivity contribution in [2.75, 3.05) is 13.2 Å². The molecule has 2 atom stereocenters. The van der Waals surface area contributed by atoms with Crippen molar-refractivity contribution in [3.63, 3.8) is 0 Å². The number of thiocarbonyl (C=S) groups is 1. The third kappa shape index (κ3) is 5.81. The van der Waals surface area contributed by atoms with E-state index < -0.39 is 16.9 Å². The molecule has 26 heavy (non-hydrogen) atoms. The van der Waals surface area contributed by atoms with Gasteiger partial charge in [-0.15, -0.1) is 0 Å². The number of ether oxygens (including phenoxy) is 2. The smallest absolute Gasteiger partial charge is 0.311 e. The molecule has 9 nitrogen and oxygen atoms in total. The van der Waals surface area contributed by atoms with Gasteiger partial charge in [0.2, 0.25) is 0 Å². The zero-order chi connectivity index (χ0) is 19.1. The van der Waals surface area contributed by atoms with Gasteiger partial charge in [-0.2, -0.15) is 0 Å². The maximum absolute atomic E-state index is 12.1. The van der Waals surface area contributed by atoms with Crippen LogP contribution in [0.2, 0.25) is 0 Å². The first-order valence-corrected chi connectivity index (χ1v) is 8.64. The first kappa shape index (κ1) is 19.9. The van der Waals surface area contributed by atoms with Gasteiger partial charge in [-0.3, -0.25) is 25.8 Å². The van der Waals surface area contributed by atoms with Gasteiger partial charge in [0.05, 0.1) is 11.0 Å². The van der Waals surface area contributed by atoms with E-state index in [2.05, 4.69) is 16.2 Å². The van der Waals surface area contributed by atoms with E-state index in [9.17, 15) is 14.9 Å². The molecular formula is C16H22N4O5S. The highest BCUT2D eigenvalue weighted by atomic mass is 32.1. The van der Waals surface area contributed by atoms with Crippen molar-refractivity contribution in [2.24, 2.45) is 0 Å². The molecule has 0 spiro atoms. The molecule has 3 N–H and O–H groups in total. The topological polar surface area (TPSA) is 115 Å². The van der Waals surface area contributed by atoms with E-state index in [4.69, 9.17) is 21.7 Å². The SMILES string of the molecule is Cc1ccc(OC(C)C(=O)NNC(=S)NCC2CCCO2)c([N+](=O)[O-])c1. The lowest BCUT2D eigenvalue weighted by atomic mass is 10.2. The van der Waals surface area contributed by atoms with Gasteiger partial charge in [-0.25, -0.2) is 0 Å². The number of aryl methyl sites for hydroxylation is 1. The van der Waals surface area contributed by atoms with Gasteiger partial charge in [0.1, 0.15) is 0 Å². The van der Waals surface area contributed by atoms with Crippen molar-refractivity contribution in [1.29, 1.82) is 0 Å². The molecule has 1 fully saturated rings. The van der Waals surface area contributed by atoms with Crippen LogP contribution in [0.4, 0.5) is 5.69 Å². The number of benzene rings is 1. The second-order valence-corrected chi connectivity index (χ2v) is 6.36. The normalized spacial score (nSPS) is 17.2. The number of hydrogen-bond donors (Lipinski definition) is 3. The first-order valence-electron chi connectivity index (χ1n) is 8.24. The third-order valence-corrected chi connectivity index (χ3v) is 4.04. The molecular weight excluding hydrogens is 360 g/mol. The molecule has 0 saturated carbocycles. The lowest BCUT2D eigenvalue weighted by Gasteiger charge is -2.17. The standard InChI is InChI=1S/C16H22N4O5S/c1-10-5-6-14(13(8-10)20(22)23)25-11(2)15(21)18-19-16(26)17-9-12-4-3-7-24-12/h5-6,8,11-12H,3-4,7,9H2,1-2H3,(H,18,21)(H2,17,19,26). The van der Waals surface area contributed by atoms with Crippen LogP contribution >= 0.6 is 12.2 Å². The van der Waals surface area contributed by atoms with Gasteiger partial charge >= 0.3 is 5.69 Å². The summed E-state index contributed by atoms with van der Waals surface area (Å²) in [6, 6.07) is 4.54. The summed E-state index contributed by atoms with van der Waals surface area (Å²) in [7, 11) is 0. The summed E-state index contributed by atoms with van der Waals surface area (Å²) in [6.07, 6.45) is 1.17. The van der Waals surface area contributed by atoms with Crippen LogP contribution in [0.1, 0.15) is 25.3 Å². The van der Waals surface area contributed by atoms with E-state index in [0.29, 0.717) is 6.54 Å². The molecule has 0 radical (unpaired) electrons. The van der Waals surface area contributed by atoms with Crippen molar-refractivity contribution in [3.05, 3.63) is 33.9 Å². The Morgan fingerprint density at radius 2 is 2.27 bits per heavy atom. The largest absolute Gasteiger partial charge is 0.474 e. The molecule has 1 aromatic rings. The van der Waals surface area contributed by atoms with Crippen molar-refractivity contribution in [1.82, 2.24) is 16.2 Å². The molecule has 1 aliphatic heterocycles. The second-order valence-electron chi connectivity index (χ2n) is 5.95. The average molecular weight is 382 g/mol. The third-order valence-electron chi connectivity index (χ3n) is 3.80. The van der Waals surface area contributed by atoms with Gasteiger partial charge in [-0.05, 0) is 50.5 Å². The summed E-state index contributed by atoms with van der Waals surface area (Å²) in [5, 5.41) is 14.3. The Labute approximate surface area is 156 Å². The molecule has 1 aromatic carbocycles. The minimum absolute atomic E-state index is 0.0299. The number of hydrogen-bond acceptors (Lipinski definition) is 6. The number of nitrogens with zero attached hydrogens (tertiary/aromatic N) is 1. The number of rotatable bonds is 6. The van der Waals surface area contributed by atoms with Crippen molar-refractivity contribution < 1.29 is 19.2 Å². The van der Waals surface area contributed by atoms with E-state index in [1.54, 1.807) is 13.0 Å². The molecule has 10 heteroatoms. The zero-order valence-electron chi connectivity index (χ0n) is 14.6. The van der Waals surface area contributed by atoms with Crippen LogP contribution in [0.5, 0.6) is 5.75 Å². The van der Waals surface area contributed by atoms with Crippen LogP contribution in [-0.4, -0.2) is 41.3 Å². The molecule has 1 heterocycles. The molecule has 0 bridgehead atoms. The van der Waals surface area contributed by atoms with Crippen molar-refractivity contribution in [3.8, 4) is 5.75 Å². The highest BCUT2D eigenvalue weighted by Gasteiger charge is 2.21. The number of nitrogens with one attached hydrogen (secondary N) is 3. The van der Waals surface area contributed by atoms with Crippen LogP contribution in [-0.2, 0) is 9.53 Å². The Hall–Kier alpha value is -2.46. The second kappa shape index (κ2) is 9.30. The number of hydrazine groups is 1. The molecule has 1 aliphatic rings. The highest BCUT2D eigenvalue weighted by Crippen LogP contribution is 2.28. The molecule has 2 unspecified atom stereocenters. The minimum atomic E-state index is -0.954. The van der Waals surface area contributed by atoms with Crippen LogP contribution in [0.25, 0.3) is 0 Å². The molecule has 1 amide bonds. The van der Waals surface area contributed by atoms with E-state index in [0.717, 1.165) is 25.0 Å². The maximum Gasteiger partial charge on any atom is 0.311 e. The Balaban J connectivity index is 1.80. The predicted octanol–water partition coefficient (Wildman–Crippen LogP) is 1.34. The number of amides is 1. The van der Waals surface area contributed by atoms with Gasteiger partial charge in [-0.1, -0.05) is 6.07 Å². The van der Waals surface area contributed by atoms with E-state index in [1.165, 1.54) is 19.1 Å². The van der Waals surface area contributed by atoms with Gasteiger partial charge in [0.15, 0.2) is 17.0 Å². The van der Waals surface area contributed by atoms with Crippen LogP contribution in [0.15, 0.2) is 18.2 Å². The highest BCUT2D eigenvalue weighted by molar-refractivity contribution is 7.80. The Kier molecular flexibility index (Phi) is 7.10. The van der Waals surface area contributed by atoms with Gasteiger partial charge in [0, 0.05) is 19.2 Å². The summed E-state index contributed by atoms with van der Waals surface area (Å²) in [5.74, 6) is -0.483. The molecule has 0 aromatic heterocycles. The lowest BCUT2D eigenvalue weighted by Crippen LogP contribution is -2.51. The minimum Gasteiger partial charge on any atom is -0.474 e. The summed E-state index contributed by atoms with van der Waals surface area (Å²) < 4.78 is 10.9. The number of carbonyl (C=O) groups is 1. The van der Waals surface area contributed by atoms with E-state index in [-0.39, 0.29) is 22.7 Å². The van der Waals surface area contributed by atoms with Crippen LogP contribution < -0.4 is 20.9 Å². The van der Waals surface area contributed by atoms with Crippen molar-refractivity contribution in [2.45, 2.75) is 38.9 Å². The van der Waals surface area contributed by atoms with Gasteiger partial charge < -0.3 is 14.8 Å². The van der Waals surface area contributed by atoms with Crippen LogP contribution in [0.3, 0.4) is 0 Å². The van der Waals surface area contributed by atoms with Gasteiger partial charge in [0.25, 0.3) is 5.91 Å². The van der Waals surface area contributed by atoms with E-state index in [1.807, 2.05) is 0 Å². The Bertz CT molecular complexity index is 679. The zero-order valence-corrected chi connectivity index (χ0v) is 15.4. The van der Waals surface area contributed by atoms with E-state index >= 15 is 0 Å². The lowest BCUT2D eigenvalue weighted by molar-refractivity contribution is -0.386.